The van der Waals surface area contributed by atoms with Crippen molar-refractivity contribution in [2.75, 3.05) is 11.9 Å². The normalized spacial score (nSPS) is 18.3. The van der Waals surface area contributed by atoms with Crippen LogP contribution in [0.25, 0.3) is 0 Å². The highest BCUT2D eigenvalue weighted by Crippen LogP contribution is 2.32. The van der Waals surface area contributed by atoms with E-state index in [0.717, 1.165) is 4.47 Å². The Balaban J connectivity index is 1.69. The zero-order valence-corrected chi connectivity index (χ0v) is 16.8. The van der Waals surface area contributed by atoms with Crippen LogP contribution < -0.4 is 5.32 Å². The lowest BCUT2D eigenvalue weighted by molar-refractivity contribution is -0.127. The van der Waals surface area contributed by atoms with Crippen LogP contribution in [0.5, 0.6) is 0 Å². The minimum atomic E-state index is -0.510. The summed E-state index contributed by atoms with van der Waals surface area (Å²) in [5, 5.41) is 5.25. The van der Waals surface area contributed by atoms with Crippen LogP contribution in [0.3, 0.4) is 0 Å². The molecule has 2 heterocycles. The number of aromatic nitrogens is 1. The molecule has 134 valence electrons. The first-order chi connectivity index (χ1) is 12.6. The second kappa shape index (κ2) is 8.61. The number of thiazole rings is 1. The van der Waals surface area contributed by atoms with Gasteiger partial charge < -0.3 is 5.32 Å². The molecule has 1 aromatic carbocycles. The predicted molar refractivity (Wildman–Crippen MR) is 110 cm³/mol. The average molecular weight is 451 g/mol. The Bertz CT molecular complexity index is 837. The number of amides is 2. The number of thioether (sulfide) groups is 1. The fourth-order valence-electron chi connectivity index (χ4n) is 2.29. The fourth-order valence-corrected chi connectivity index (χ4v) is 4.26. The van der Waals surface area contributed by atoms with Gasteiger partial charge in [-0.1, -0.05) is 33.8 Å². The zero-order valence-electron chi connectivity index (χ0n) is 13.6. The van der Waals surface area contributed by atoms with Crippen LogP contribution in [-0.2, 0) is 9.59 Å². The van der Waals surface area contributed by atoms with E-state index in [9.17, 15) is 9.59 Å². The third-order valence-corrected chi connectivity index (χ3v) is 5.81. The summed E-state index contributed by atoms with van der Waals surface area (Å²) in [6.45, 7) is 4.03. The van der Waals surface area contributed by atoms with Crippen molar-refractivity contribution < 1.29 is 9.59 Å². The van der Waals surface area contributed by atoms with Crippen LogP contribution in [0.15, 0.2) is 58.0 Å². The maximum Gasteiger partial charge on any atom is 0.242 e. The lowest BCUT2D eigenvalue weighted by atomic mass is 10.2. The molecule has 26 heavy (non-hydrogen) atoms. The molecule has 1 unspecified atom stereocenters. The molecule has 1 fully saturated rings. The Morgan fingerprint density at radius 3 is 2.85 bits per heavy atom. The molecule has 1 aromatic heterocycles. The molecule has 0 aliphatic carbocycles. The van der Waals surface area contributed by atoms with E-state index >= 15 is 0 Å². The van der Waals surface area contributed by atoms with Crippen molar-refractivity contribution in [2.45, 2.75) is 11.7 Å². The van der Waals surface area contributed by atoms with Crippen LogP contribution in [0, 0.1) is 0 Å². The Hall–Kier alpha value is -1.97. The molecule has 1 aliphatic heterocycles. The first kappa shape index (κ1) is 18.8. The van der Waals surface area contributed by atoms with Crippen LogP contribution >= 0.6 is 39.0 Å². The number of aliphatic imine (C=N–C) groups is 1. The summed E-state index contributed by atoms with van der Waals surface area (Å²) in [4.78, 5) is 35.0. The van der Waals surface area contributed by atoms with E-state index in [0.29, 0.717) is 22.5 Å². The van der Waals surface area contributed by atoms with Crippen molar-refractivity contribution in [3.8, 4) is 0 Å². The third-order valence-electron chi connectivity index (χ3n) is 3.44. The second-order valence-electron chi connectivity index (χ2n) is 5.31. The monoisotopic (exact) mass is 450 g/mol. The topological polar surface area (TPSA) is 74.7 Å². The van der Waals surface area contributed by atoms with Gasteiger partial charge in [0.05, 0.1) is 0 Å². The first-order valence-corrected chi connectivity index (χ1v) is 10.2. The molecule has 0 saturated carbocycles. The molecule has 9 heteroatoms. The van der Waals surface area contributed by atoms with E-state index in [2.05, 4.69) is 37.8 Å². The molecule has 2 amide bonds. The van der Waals surface area contributed by atoms with Gasteiger partial charge in [0.25, 0.3) is 0 Å². The number of amidine groups is 1. The van der Waals surface area contributed by atoms with Crippen molar-refractivity contribution in [3.05, 3.63) is 53.0 Å². The zero-order chi connectivity index (χ0) is 18.5. The number of carbonyl (C=O) groups is 2. The van der Waals surface area contributed by atoms with Gasteiger partial charge in [-0.15, -0.1) is 17.9 Å². The number of carbonyl (C=O) groups excluding carboxylic acids is 2. The second-order valence-corrected chi connectivity index (χ2v) is 8.27. The number of anilines is 1. The molecule has 0 spiro atoms. The molecule has 1 saturated heterocycles. The SMILES string of the molecule is C=CCN1C(=O)C(CC(=O)Nc2ccc(Br)cc2)SC1=Nc1nccs1. The van der Waals surface area contributed by atoms with Crippen LogP contribution in [-0.4, -0.2) is 38.7 Å². The molecule has 2 aromatic rings. The van der Waals surface area contributed by atoms with E-state index < -0.39 is 5.25 Å². The highest BCUT2D eigenvalue weighted by atomic mass is 79.9. The molecule has 0 radical (unpaired) electrons. The van der Waals surface area contributed by atoms with E-state index in [-0.39, 0.29) is 18.2 Å². The van der Waals surface area contributed by atoms with Gasteiger partial charge in [-0.2, -0.15) is 4.99 Å². The predicted octanol–water partition coefficient (Wildman–Crippen LogP) is 4.05. The summed E-state index contributed by atoms with van der Waals surface area (Å²) in [5.74, 6) is -0.358. The molecule has 0 bridgehead atoms. The Morgan fingerprint density at radius 1 is 1.42 bits per heavy atom. The van der Waals surface area contributed by atoms with Crippen LogP contribution in [0.4, 0.5) is 10.8 Å². The Labute approximate surface area is 167 Å². The Morgan fingerprint density at radius 2 is 2.19 bits per heavy atom. The van der Waals surface area contributed by atoms with Crippen molar-refractivity contribution in [1.29, 1.82) is 0 Å². The van der Waals surface area contributed by atoms with E-state index in [1.165, 1.54) is 28.0 Å². The first-order valence-electron chi connectivity index (χ1n) is 7.69. The molecular formula is C17H15BrN4O2S2. The summed E-state index contributed by atoms with van der Waals surface area (Å²) in [7, 11) is 0. The minimum absolute atomic E-state index is 0.0735. The van der Waals surface area contributed by atoms with Gasteiger partial charge in [0.1, 0.15) is 5.25 Å². The van der Waals surface area contributed by atoms with Crippen molar-refractivity contribution in [3.63, 3.8) is 0 Å². The van der Waals surface area contributed by atoms with Gasteiger partial charge >= 0.3 is 0 Å². The number of hydrogen-bond acceptors (Lipinski definition) is 6. The number of halogens is 1. The molecule has 1 aliphatic rings. The summed E-state index contributed by atoms with van der Waals surface area (Å²) in [6, 6.07) is 7.28. The largest absolute Gasteiger partial charge is 0.326 e. The summed E-state index contributed by atoms with van der Waals surface area (Å²) >= 11 is 6.02. The number of benzene rings is 1. The van der Waals surface area contributed by atoms with Gasteiger partial charge in [-0.25, -0.2) is 4.98 Å². The molecule has 1 N–H and O–H groups in total. The van der Waals surface area contributed by atoms with Crippen molar-refractivity contribution in [2.24, 2.45) is 4.99 Å². The number of rotatable bonds is 6. The maximum atomic E-state index is 12.6. The van der Waals surface area contributed by atoms with Gasteiger partial charge in [0, 0.05) is 34.7 Å². The molecular weight excluding hydrogens is 436 g/mol. The van der Waals surface area contributed by atoms with Crippen LogP contribution in [0.1, 0.15) is 6.42 Å². The summed E-state index contributed by atoms with van der Waals surface area (Å²) in [6.07, 6.45) is 3.37. The number of nitrogens with zero attached hydrogens (tertiary/aromatic N) is 3. The lowest BCUT2D eigenvalue weighted by Crippen LogP contribution is -2.33. The number of nitrogens with one attached hydrogen (secondary N) is 1. The van der Waals surface area contributed by atoms with Gasteiger partial charge in [0.15, 0.2) is 5.17 Å². The minimum Gasteiger partial charge on any atom is -0.326 e. The smallest absolute Gasteiger partial charge is 0.242 e. The molecule has 6 nitrogen and oxygen atoms in total. The fraction of sp³-hybridized carbons (Fsp3) is 0.176. The van der Waals surface area contributed by atoms with Gasteiger partial charge in [0.2, 0.25) is 16.9 Å². The van der Waals surface area contributed by atoms with Gasteiger partial charge in [-0.3, -0.25) is 14.5 Å². The standard InChI is InChI=1S/C17H15BrN4O2S2/c1-2-8-22-15(24)13(26-17(22)21-16-19-7-9-25-16)10-14(23)20-12-5-3-11(18)4-6-12/h2-7,9,13H,1,8,10H2,(H,20,23). The summed E-state index contributed by atoms with van der Waals surface area (Å²) in [5.41, 5.74) is 0.688. The van der Waals surface area contributed by atoms with E-state index in [1.54, 1.807) is 24.4 Å². The lowest BCUT2D eigenvalue weighted by Gasteiger charge is -2.13. The quantitative estimate of drug-likeness (QED) is 0.673. The third kappa shape index (κ3) is 4.60. The molecule has 1 atom stereocenters. The van der Waals surface area contributed by atoms with Crippen molar-refractivity contribution in [1.82, 2.24) is 9.88 Å². The highest BCUT2D eigenvalue weighted by Gasteiger charge is 2.38. The summed E-state index contributed by atoms with van der Waals surface area (Å²) < 4.78 is 0.931. The molecule has 3 rings (SSSR count). The average Bonchev–Trinajstić information content (AvgIpc) is 3.22. The highest BCUT2D eigenvalue weighted by molar-refractivity contribution is 9.10. The van der Waals surface area contributed by atoms with Gasteiger partial charge in [-0.05, 0) is 24.3 Å². The Kier molecular flexibility index (Phi) is 6.23. The van der Waals surface area contributed by atoms with E-state index in [1.807, 2.05) is 17.5 Å². The number of hydrogen-bond donors (Lipinski definition) is 1. The van der Waals surface area contributed by atoms with Crippen LogP contribution in [0.2, 0.25) is 0 Å². The van der Waals surface area contributed by atoms with E-state index in [4.69, 9.17) is 0 Å². The van der Waals surface area contributed by atoms with Crippen molar-refractivity contribution >= 4 is 66.8 Å². The maximum absolute atomic E-state index is 12.6.